The normalized spacial score (nSPS) is 40.4. The average Bonchev–Trinajstić information content (AvgIpc) is 2.35. The van der Waals surface area contributed by atoms with Crippen molar-refractivity contribution in [3.8, 4) is 0 Å². The molecule has 1 saturated carbocycles. The summed E-state index contributed by atoms with van der Waals surface area (Å²) in [6.07, 6.45) is 0.0590. The summed E-state index contributed by atoms with van der Waals surface area (Å²) in [5, 5.41) is 10.6. The summed E-state index contributed by atoms with van der Waals surface area (Å²) in [5.41, 5.74) is 17.8. The number of aliphatic hydroxyl groups is 1. The molecular weight excluding hydrogens is 269 g/mol. The Kier molecular flexibility index (Phi) is 2.87. The molecule has 3 rings (SSSR count). The van der Waals surface area contributed by atoms with Gasteiger partial charge in [-0.2, -0.15) is 0 Å². The molecule has 2 aliphatic rings. The van der Waals surface area contributed by atoms with Gasteiger partial charge in [-0.3, -0.25) is 0 Å². The summed E-state index contributed by atoms with van der Waals surface area (Å²) < 4.78 is 13.7. The van der Waals surface area contributed by atoms with Crippen molar-refractivity contribution in [1.82, 2.24) is 0 Å². The predicted molar refractivity (Wildman–Crippen MR) is 79.7 cm³/mol. The molecule has 5 heteroatoms. The molecule has 0 heterocycles. The summed E-state index contributed by atoms with van der Waals surface area (Å²) >= 11 is 0. The van der Waals surface area contributed by atoms with Crippen LogP contribution in [0.5, 0.6) is 0 Å². The van der Waals surface area contributed by atoms with Crippen molar-refractivity contribution in [2.45, 2.75) is 49.9 Å². The molecule has 0 aromatic heterocycles. The van der Waals surface area contributed by atoms with Crippen LogP contribution in [0.3, 0.4) is 0 Å². The Labute approximate surface area is 124 Å². The molecule has 1 fully saturated rings. The van der Waals surface area contributed by atoms with Crippen LogP contribution in [0.4, 0.5) is 4.39 Å². The molecule has 0 bridgehead atoms. The van der Waals surface area contributed by atoms with Gasteiger partial charge < -0.3 is 22.3 Å². The Morgan fingerprint density at radius 1 is 1.24 bits per heavy atom. The lowest BCUT2D eigenvalue weighted by atomic mass is 9.40. The lowest BCUT2D eigenvalue weighted by molar-refractivity contribution is -0.143. The summed E-state index contributed by atoms with van der Waals surface area (Å²) in [6, 6.07) is 4.48. The lowest BCUT2D eigenvalue weighted by Crippen LogP contribution is -2.82. The summed E-state index contributed by atoms with van der Waals surface area (Å²) in [4.78, 5) is 0. The van der Waals surface area contributed by atoms with E-state index in [2.05, 4.69) is 13.8 Å². The molecule has 1 aromatic carbocycles. The van der Waals surface area contributed by atoms with Gasteiger partial charge in [-0.25, -0.2) is 4.39 Å². The summed E-state index contributed by atoms with van der Waals surface area (Å²) in [7, 11) is 0. The van der Waals surface area contributed by atoms with E-state index >= 15 is 0 Å². The zero-order valence-electron chi connectivity index (χ0n) is 12.7. The first-order chi connectivity index (χ1) is 9.57. The van der Waals surface area contributed by atoms with E-state index < -0.39 is 28.5 Å². The molecule has 1 aromatic rings. The molecule has 21 heavy (non-hydrogen) atoms. The van der Waals surface area contributed by atoms with Gasteiger partial charge in [0.25, 0.3) is 0 Å². The van der Waals surface area contributed by atoms with E-state index in [0.717, 1.165) is 5.56 Å². The minimum atomic E-state index is -1.33. The molecule has 0 spiro atoms. The standard InChI is InChI=1S/C16H24FN3O/c1-8(2)15-10-5-4-9(17)6-11(10)16(19,20)14(3,18)12(15)7-13(15)21/h4-6,8,12-13,21H,7,18-20H2,1-3H3. The Morgan fingerprint density at radius 3 is 2.38 bits per heavy atom. The highest BCUT2D eigenvalue weighted by atomic mass is 19.1. The number of benzene rings is 1. The van der Waals surface area contributed by atoms with Crippen molar-refractivity contribution in [1.29, 1.82) is 0 Å². The SMILES string of the molecule is CC(C)C12c3ccc(F)cc3C(N)(N)C(C)(N)C1CC2O. The quantitative estimate of drug-likeness (QED) is 0.578. The molecule has 116 valence electrons. The van der Waals surface area contributed by atoms with Crippen molar-refractivity contribution < 1.29 is 9.50 Å². The maximum absolute atomic E-state index is 13.7. The Balaban J connectivity index is 2.36. The van der Waals surface area contributed by atoms with Crippen molar-refractivity contribution >= 4 is 0 Å². The third kappa shape index (κ3) is 1.47. The molecule has 0 saturated heterocycles. The molecule has 7 N–H and O–H groups in total. The van der Waals surface area contributed by atoms with Crippen molar-refractivity contribution in [2.75, 3.05) is 0 Å². The van der Waals surface area contributed by atoms with Crippen molar-refractivity contribution in [3.63, 3.8) is 0 Å². The second-order valence-electron chi connectivity index (χ2n) is 7.23. The first kappa shape index (κ1) is 14.9. The fraction of sp³-hybridized carbons (Fsp3) is 0.625. The van der Waals surface area contributed by atoms with Gasteiger partial charge in [-0.05, 0) is 48.4 Å². The van der Waals surface area contributed by atoms with Crippen molar-refractivity contribution in [3.05, 3.63) is 35.1 Å². The third-order valence-corrected chi connectivity index (χ3v) is 6.05. The molecule has 4 atom stereocenters. The molecule has 0 aliphatic heterocycles. The van der Waals surface area contributed by atoms with E-state index in [-0.39, 0.29) is 11.8 Å². The fourth-order valence-electron chi connectivity index (χ4n) is 4.71. The predicted octanol–water partition coefficient (Wildman–Crippen LogP) is 0.902. The summed E-state index contributed by atoms with van der Waals surface area (Å²) in [6.45, 7) is 5.92. The van der Waals surface area contributed by atoms with Crippen LogP contribution in [-0.2, 0) is 11.1 Å². The second-order valence-corrected chi connectivity index (χ2v) is 7.23. The van der Waals surface area contributed by atoms with E-state index in [0.29, 0.717) is 12.0 Å². The zero-order valence-corrected chi connectivity index (χ0v) is 12.7. The maximum Gasteiger partial charge on any atom is 0.123 e. The van der Waals surface area contributed by atoms with E-state index in [9.17, 15) is 9.50 Å². The van der Waals surface area contributed by atoms with E-state index in [1.807, 2.05) is 6.92 Å². The van der Waals surface area contributed by atoms with Crippen LogP contribution in [0.2, 0.25) is 0 Å². The summed E-state index contributed by atoms with van der Waals surface area (Å²) in [5.74, 6) is -0.279. The molecular formula is C16H24FN3O. The Hall–Kier alpha value is -1.01. The topological polar surface area (TPSA) is 98.3 Å². The smallest absolute Gasteiger partial charge is 0.123 e. The van der Waals surface area contributed by atoms with Gasteiger partial charge in [0.2, 0.25) is 0 Å². The first-order valence-corrected chi connectivity index (χ1v) is 7.43. The van der Waals surface area contributed by atoms with Crippen LogP contribution < -0.4 is 17.2 Å². The van der Waals surface area contributed by atoms with Gasteiger partial charge in [0, 0.05) is 5.41 Å². The molecule has 0 amide bonds. The van der Waals surface area contributed by atoms with Gasteiger partial charge >= 0.3 is 0 Å². The van der Waals surface area contributed by atoms with Gasteiger partial charge in [-0.1, -0.05) is 19.9 Å². The highest BCUT2D eigenvalue weighted by molar-refractivity contribution is 5.50. The monoisotopic (exact) mass is 293 g/mol. The van der Waals surface area contributed by atoms with Crippen LogP contribution in [0, 0.1) is 17.7 Å². The van der Waals surface area contributed by atoms with Crippen LogP contribution >= 0.6 is 0 Å². The van der Waals surface area contributed by atoms with Gasteiger partial charge in [0.15, 0.2) is 0 Å². The van der Waals surface area contributed by atoms with Crippen LogP contribution in [0.25, 0.3) is 0 Å². The van der Waals surface area contributed by atoms with Crippen LogP contribution in [0.1, 0.15) is 38.3 Å². The Bertz CT molecular complexity index is 592. The van der Waals surface area contributed by atoms with Gasteiger partial charge in [0.1, 0.15) is 11.5 Å². The van der Waals surface area contributed by atoms with E-state index in [4.69, 9.17) is 17.2 Å². The molecule has 0 radical (unpaired) electrons. The molecule has 4 nitrogen and oxygen atoms in total. The number of hydrogen-bond donors (Lipinski definition) is 4. The maximum atomic E-state index is 13.7. The fourth-order valence-corrected chi connectivity index (χ4v) is 4.71. The highest BCUT2D eigenvalue weighted by Gasteiger charge is 2.69. The first-order valence-electron chi connectivity index (χ1n) is 7.43. The van der Waals surface area contributed by atoms with Gasteiger partial charge in [0.05, 0.1) is 11.6 Å². The largest absolute Gasteiger partial charge is 0.392 e. The number of nitrogens with two attached hydrogens (primary N) is 3. The Morgan fingerprint density at radius 2 is 1.86 bits per heavy atom. The number of hydrogen-bond acceptors (Lipinski definition) is 4. The zero-order chi connectivity index (χ0) is 15.8. The van der Waals surface area contributed by atoms with Crippen LogP contribution in [-0.4, -0.2) is 16.7 Å². The number of halogens is 1. The number of rotatable bonds is 1. The minimum Gasteiger partial charge on any atom is -0.392 e. The second kappa shape index (κ2) is 4.04. The van der Waals surface area contributed by atoms with Crippen LogP contribution in [0.15, 0.2) is 18.2 Å². The molecule has 4 unspecified atom stereocenters. The van der Waals surface area contributed by atoms with E-state index in [1.54, 1.807) is 6.07 Å². The number of fused-ring (bicyclic) bond motifs is 3. The van der Waals surface area contributed by atoms with Crippen molar-refractivity contribution in [2.24, 2.45) is 29.0 Å². The lowest BCUT2D eigenvalue weighted by Gasteiger charge is -2.68. The number of aliphatic hydroxyl groups excluding tert-OH is 1. The third-order valence-electron chi connectivity index (χ3n) is 6.05. The highest BCUT2D eigenvalue weighted by Crippen LogP contribution is 2.63. The minimum absolute atomic E-state index is 0.0343. The average molecular weight is 293 g/mol. The molecule has 2 aliphatic carbocycles. The van der Waals surface area contributed by atoms with Gasteiger partial charge in [-0.15, -0.1) is 0 Å². The van der Waals surface area contributed by atoms with E-state index in [1.165, 1.54) is 12.1 Å².